The van der Waals surface area contributed by atoms with Gasteiger partial charge in [0.2, 0.25) is 6.73 Å². The Morgan fingerprint density at radius 3 is 2.51 bits per heavy atom. The minimum atomic E-state index is -4.55. The molecule has 1 unspecified atom stereocenters. The number of amides is 3. The minimum absolute atomic E-state index is 0.0343. The van der Waals surface area contributed by atoms with Gasteiger partial charge in [0.15, 0.2) is 17.2 Å². The summed E-state index contributed by atoms with van der Waals surface area (Å²) >= 11 is 0. The summed E-state index contributed by atoms with van der Waals surface area (Å²) in [4.78, 5) is 32.6. The van der Waals surface area contributed by atoms with Crippen LogP contribution in [0.15, 0.2) is 36.5 Å². The molecule has 1 aliphatic carbocycles. The molecule has 3 aromatic rings. The number of likely N-dealkylation sites (tertiary alicyclic amines) is 1. The fourth-order valence-corrected chi connectivity index (χ4v) is 7.67. The maximum absolute atomic E-state index is 15.0. The predicted octanol–water partition coefficient (Wildman–Crippen LogP) is 5.30. The van der Waals surface area contributed by atoms with Crippen LogP contribution in [0.3, 0.4) is 0 Å². The number of urea groups is 1. The number of primary amides is 1. The van der Waals surface area contributed by atoms with E-state index in [0.29, 0.717) is 37.3 Å². The van der Waals surface area contributed by atoms with Crippen LogP contribution in [-0.4, -0.2) is 69.9 Å². The lowest BCUT2D eigenvalue weighted by Gasteiger charge is -2.47. The highest BCUT2D eigenvalue weighted by atomic mass is 19.4. The van der Waals surface area contributed by atoms with Gasteiger partial charge in [0.25, 0.3) is 5.82 Å². The van der Waals surface area contributed by atoms with Gasteiger partial charge in [-0.05, 0) is 49.4 Å². The number of ether oxygens (including phenoxy) is 2. The number of pyridine rings is 1. The van der Waals surface area contributed by atoms with E-state index in [-0.39, 0.29) is 49.4 Å². The first-order chi connectivity index (χ1) is 22.4. The number of halogens is 5. The van der Waals surface area contributed by atoms with E-state index in [9.17, 15) is 27.2 Å². The number of benzene rings is 1. The molecule has 47 heavy (non-hydrogen) atoms. The van der Waals surface area contributed by atoms with Crippen molar-refractivity contribution < 1.29 is 41.0 Å². The minimum Gasteiger partial charge on any atom is -0.407 e. The van der Waals surface area contributed by atoms with E-state index in [1.807, 2.05) is 0 Å². The molecule has 5 heterocycles. The molecule has 1 saturated carbocycles. The standard InChI is InChI=1S/C31H32F5N7O4/c1-46-17-43(27(37)44)25-20(5-3-13-38-25)30(47-28(43)45)11-14-41(15-12-30)22-8-7-18(19-4-2-6-21(32)23(19)33)16-42-24(22)39-40-26(42)29(9-10-29)31(34,35)36/h2-6,13,18,22H,7-12,14-17H2,1H3,(H-,37,44)/p+1/t18-,22-,43?/m1/s1. The van der Waals surface area contributed by atoms with Crippen molar-refractivity contribution in [2.75, 3.05) is 26.9 Å². The van der Waals surface area contributed by atoms with Crippen molar-refractivity contribution in [2.24, 2.45) is 5.73 Å². The number of piperidine rings is 1. The van der Waals surface area contributed by atoms with Crippen LogP contribution >= 0.6 is 0 Å². The first-order valence-electron chi connectivity index (χ1n) is 15.4. The van der Waals surface area contributed by atoms with Crippen LogP contribution in [0.2, 0.25) is 0 Å². The summed E-state index contributed by atoms with van der Waals surface area (Å²) in [5.41, 5.74) is 3.03. The number of aromatic nitrogens is 4. The summed E-state index contributed by atoms with van der Waals surface area (Å²) in [5, 5.41) is 8.40. The van der Waals surface area contributed by atoms with E-state index in [1.165, 1.54) is 30.0 Å². The summed E-state index contributed by atoms with van der Waals surface area (Å²) in [6, 6.07) is 5.76. The fourth-order valence-electron chi connectivity index (χ4n) is 7.67. The van der Waals surface area contributed by atoms with Crippen molar-refractivity contribution in [3.63, 3.8) is 0 Å². The Morgan fingerprint density at radius 1 is 1.11 bits per heavy atom. The number of carbonyl (C=O) groups is 2. The van der Waals surface area contributed by atoms with Crippen LogP contribution in [0.1, 0.15) is 73.3 Å². The molecule has 7 rings (SSSR count). The summed E-state index contributed by atoms with van der Waals surface area (Å²) in [7, 11) is 1.32. The lowest BCUT2D eigenvalue weighted by Crippen LogP contribution is -2.67. The van der Waals surface area contributed by atoms with Gasteiger partial charge < -0.3 is 19.8 Å². The lowest BCUT2D eigenvalue weighted by molar-refractivity contribution is -0.163. The zero-order valence-electron chi connectivity index (χ0n) is 25.5. The Bertz CT molecular complexity index is 1740. The van der Waals surface area contributed by atoms with Gasteiger partial charge >= 0.3 is 18.3 Å². The maximum atomic E-state index is 15.0. The smallest absolute Gasteiger partial charge is 0.407 e. The van der Waals surface area contributed by atoms with E-state index in [1.54, 1.807) is 12.1 Å². The Morgan fingerprint density at radius 2 is 1.85 bits per heavy atom. The molecule has 3 atom stereocenters. The van der Waals surface area contributed by atoms with Crippen molar-refractivity contribution >= 4 is 17.9 Å². The highest BCUT2D eigenvalue weighted by molar-refractivity contribution is 6.05. The number of imide groups is 1. The van der Waals surface area contributed by atoms with E-state index < -0.39 is 64.1 Å². The topological polar surface area (TPSA) is 125 Å². The SMILES string of the molecule is COC[N+]1(C(N)=O)C(=O)OC2(CCN([C@@H]3CC[C@@H](c4cccc(F)c4F)Cn4c3nnc4C3(C(F)(F)F)CC3)CC2)c2cccnc21. The largest absolute Gasteiger partial charge is 0.534 e. The molecule has 250 valence electrons. The van der Waals surface area contributed by atoms with Gasteiger partial charge in [-0.25, -0.2) is 18.6 Å². The number of nitrogens with two attached hydrogens (primary N) is 1. The first-order valence-corrected chi connectivity index (χ1v) is 15.4. The van der Waals surface area contributed by atoms with Gasteiger partial charge in [0.05, 0.1) is 11.6 Å². The van der Waals surface area contributed by atoms with Gasteiger partial charge in [-0.15, -0.1) is 10.2 Å². The highest BCUT2D eigenvalue weighted by Crippen LogP contribution is 2.59. The van der Waals surface area contributed by atoms with Crippen LogP contribution in [-0.2, 0) is 27.0 Å². The van der Waals surface area contributed by atoms with E-state index in [0.717, 1.165) is 6.07 Å². The van der Waals surface area contributed by atoms with Crippen LogP contribution in [0, 0.1) is 11.6 Å². The molecule has 16 heteroatoms. The molecule has 0 radical (unpaired) electrons. The number of methoxy groups -OCH3 is 1. The number of nitrogens with zero attached hydrogens (tertiary/aromatic N) is 6. The molecule has 0 bridgehead atoms. The number of hydrogen-bond acceptors (Lipinski definition) is 8. The summed E-state index contributed by atoms with van der Waals surface area (Å²) in [5.74, 6) is -2.42. The van der Waals surface area contributed by atoms with Crippen LogP contribution < -0.4 is 10.2 Å². The number of rotatable bonds is 5. The third kappa shape index (κ3) is 4.66. The van der Waals surface area contributed by atoms with Crippen molar-refractivity contribution in [2.45, 2.75) is 74.2 Å². The van der Waals surface area contributed by atoms with E-state index >= 15 is 4.39 Å². The molecule has 3 amide bonds. The molecular formula is C31H33F5N7O4+. The molecule has 4 aliphatic rings. The highest BCUT2D eigenvalue weighted by Gasteiger charge is 2.68. The molecular weight excluding hydrogens is 629 g/mol. The first kappa shape index (κ1) is 31.6. The molecule has 1 saturated heterocycles. The number of carbonyl (C=O) groups excluding carboxylic acids is 2. The maximum Gasteiger partial charge on any atom is 0.534 e. The van der Waals surface area contributed by atoms with Crippen LogP contribution in [0.5, 0.6) is 0 Å². The molecule has 2 aromatic heterocycles. The van der Waals surface area contributed by atoms with Gasteiger partial charge in [0.1, 0.15) is 17.1 Å². The molecule has 1 aromatic carbocycles. The number of quaternary nitrogens is 1. The van der Waals surface area contributed by atoms with Crippen LogP contribution in [0.25, 0.3) is 0 Å². The van der Waals surface area contributed by atoms with Gasteiger partial charge in [-0.1, -0.05) is 16.6 Å². The van der Waals surface area contributed by atoms with Crippen molar-refractivity contribution in [1.29, 1.82) is 0 Å². The number of hydrogen-bond donors (Lipinski definition) is 1. The van der Waals surface area contributed by atoms with Gasteiger partial charge in [0, 0.05) is 51.7 Å². The second-order valence-electron chi connectivity index (χ2n) is 12.8. The van der Waals surface area contributed by atoms with Gasteiger partial charge in [-0.3, -0.25) is 4.90 Å². The van der Waals surface area contributed by atoms with Crippen molar-refractivity contribution in [3.05, 3.63) is 70.9 Å². The Balaban J connectivity index is 1.23. The zero-order valence-corrected chi connectivity index (χ0v) is 25.5. The second-order valence-corrected chi connectivity index (χ2v) is 12.8. The molecule has 1 spiro atoms. The summed E-state index contributed by atoms with van der Waals surface area (Å²) < 4.78 is 84.0. The molecule has 2 fully saturated rings. The Hall–Kier alpha value is -4.02. The molecule has 3 aliphatic heterocycles. The number of alkyl halides is 3. The lowest BCUT2D eigenvalue weighted by atomic mass is 9.82. The predicted molar refractivity (Wildman–Crippen MR) is 155 cm³/mol. The van der Waals surface area contributed by atoms with Crippen molar-refractivity contribution in [3.8, 4) is 0 Å². The van der Waals surface area contributed by atoms with E-state index in [4.69, 9.17) is 15.2 Å². The summed E-state index contributed by atoms with van der Waals surface area (Å²) in [6.45, 7) is 0.220. The molecule has 2 N–H and O–H groups in total. The third-order valence-corrected chi connectivity index (χ3v) is 10.4. The number of fused-ring (bicyclic) bond motifs is 3. The zero-order chi connectivity index (χ0) is 33.4. The average Bonchev–Trinajstić information content (AvgIpc) is 3.80. The average molecular weight is 663 g/mol. The van der Waals surface area contributed by atoms with Crippen molar-refractivity contribution in [1.82, 2.24) is 29.1 Å². The van der Waals surface area contributed by atoms with E-state index in [2.05, 4.69) is 20.1 Å². The fraction of sp³-hybridized carbons (Fsp3) is 0.516. The quantitative estimate of drug-likeness (QED) is 0.289. The van der Waals surface area contributed by atoms with Crippen LogP contribution in [0.4, 0.5) is 37.4 Å². The normalized spacial score (nSPS) is 26.6. The Kier molecular flexibility index (Phi) is 7.40. The van der Waals surface area contributed by atoms with Gasteiger partial charge in [-0.2, -0.15) is 18.0 Å². The monoisotopic (exact) mass is 662 g/mol. The summed E-state index contributed by atoms with van der Waals surface area (Å²) in [6.07, 6.45) is -2.99. The third-order valence-electron chi connectivity index (χ3n) is 10.4. The molecule has 11 nitrogen and oxygen atoms in total. The second kappa shape index (κ2) is 11.0. The Labute approximate surface area is 266 Å².